The number of aromatic hydroxyl groups is 1. The zero-order valence-corrected chi connectivity index (χ0v) is 15.2. The molecule has 2 unspecified atom stereocenters. The van der Waals surface area contributed by atoms with E-state index in [0.29, 0.717) is 17.6 Å². The van der Waals surface area contributed by atoms with Gasteiger partial charge in [0, 0.05) is 12.1 Å². The number of hydrogen-bond donors (Lipinski definition) is 1. The van der Waals surface area contributed by atoms with Crippen molar-refractivity contribution in [3.8, 4) is 5.75 Å². The Kier molecular flexibility index (Phi) is 4.06. The van der Waals surface area contributed by atoms with Crippen LogP contribution in [0.15, 0.2) is 36.4 Å². The molecule has 4 heteroatoms. The summed E-state index contributed by atoms with van der Waals surface area (Å²) < 4.78 is 0. The van der Waals surface area contributed by atoms with Gasteiger partial charge >= 0.3 is 0 Å². The molecule has 0 spiro atoms. The van der Waals surface area contributed by atoms with E-state index in [1.807, 2.05) is 18.2 Å². The first-order valence-corrected chi connectivity index (χ1v) is 9.37. The fourth-order valence-electron chi connectivity index (χ4n) is 4.74. The van der Waals surface area contributed by atoms with E-state index >= 15 is 0 Å². The van der Waals surface area contributed by atoms with Crippen LogP contribution in [0.1, 0.15) is 48.9 Å². The molecule has 1 N–H and O–H groups in total. The number of allylic oxidation sites excluding steroid dienone is 2. The van der Waals surface area contributed by atoms with Crippen LogP contribution < -0.4 is 0 Å². The van der Waals surface area contributed by atoms with E-state index in [1.165, 1.54) is 27.8 Å². The second-order valence-electron chi connectivity index (χ2n) is 7.39. The molecule has 2 aromatic carbocycles. The van der Waals surface area contributed by atoms with Gasteiger partial charge in [-0.3, -0.25) is 10.1 Å². The lowest BCUT2D eigenvalue weighted by Crippen LogP contribution is -2.24. The van der Waals surface area contributed by atoms with Crippen LogP contribution in [0.3, 0.4) is 0 Å². The molecule has 0 radical (unpaired) electrons. The summed E-state index contributed by atoms with van der Waals surface area (Å²) in [6, 6.07) is 11.1. The largest absolute Gasteiger partial charge is 0.508 e. The summed E-state index contributed by atoms with van der Waals surface area (Å²) in [4.78, 5) is 10.9. The summed E-state index contributed by atoms with van der Waals surface area (Å²) in [6.45, 7) is 4.39. The van der Waals surface area contributed by atoms with Gasteiger partial charge < -0.3 is 5.11 Å². The Morgan fingerprint density at radius 1 is 0.962 bits per heavy atom. The molecule has 0 saturated heterocycles. The zero-order valence-electron chi connectivity index (χ0n) is 15.2. The molecular weight excluding hydrogens is 326 g/mol. The first kappa shape index (κ1) is 16.8. The van der Waals surface area contributed by atoms with Crippen LogP contribution in [-0.2, 0) is 12.8 Å². The molecule has 0 heterocycles. The van der Waals surface area contributed by atoms with Gasteiger partial charge in [-0.05, 0) is 89.1 Å². The van der Waals surface area contributed by atoms with Crippen molar-refractivity contribution in [2.75, 3.05) is 0 Å². The molecule has 2 atom stereocenters. The van der Waals surface area contributed by atoms with Crippen LogP contribution in [-0.4, -0.2) is 10.0 Å². The minimum absolute atomic E-state index is 0.178. The zero-order chi connectivity index (χ0) is 18.4. The van der Waals surface area contributed by atoms with E-state index in [1.54, 1.807) is 18.2 Å². The number of phenolic OH excluding ortho intramolecular Hbond substituents is 1. The van der Waals surface area contributed by atoms with Crippen molar-refractivity contribution >= 4 is 16.8 Å². The maximum Gasteiger partial charge on any atom is 0.269 e. The fraction of sp³-hybridized carbons (Fsp3) is 0.364. The molecule has 0 bridgehead atoms. The summed E-state index contributed by atoms with van der Waals surface area (Å²) in [5, 5.41) is 21.1. The Morgan fingerprint density at radius 2 is 1.50 bits per heavy atom. The van der Waals surface area contributed by atoms with Gasteiger partial charge in [0.05, 0.1) is 4.92 Å². The third-order valence-electron chi connectivity index (χ3n) is 5.99. The molecule has 4 rings (SSSR count). The number of fused-ring (bicyclic) bond motifs is 4. The molecule has 2 aliphatic rings. The third kappa shape index (κ3) is 2.52. The SMILES string of the molecule is CCC1Cc2cc([N+](=O)[O-])ccc2C2=C1c1ccc(O)cc1CC2CC. The summed E-state index contributed by atoms with van der Waals surface area (Å²) in [7, 11) is 0. The Morgan fingerprint density at radius 3 is 2.04 bits per heavy atom. The lowest BCUT2D eigenvalue weighted by Gasteiger charge is -2.38. The van der Waals surface area contributed by atoms with Crippen LogP contribution in [0.2, 0.25) is 0 Å². The van der Waals surface area contributed by atoms with Gasteiger partial charge in [0.25, 0.3) is 5.69 Å². The summed E-state index contributed by atoms with van der Waals surface area (Å²) in [5.41, 5.74) is 7.69. The van der Waals surface area contributed by atoms with Gasteiger partial charge in [0.2, 0.25) is 0 Å². The molecular formula is C22H23NO3. The second kappa shape index (κ2) is 6.27. The first-order valence-electron chi connectivity index (χ1n) is 9.37. The van der Waals surface area contributed by atoms with Gasteiger partial charge in [0.1, 0.15) is 5.75 Å². The van der Waals surface area contributed by atoms with Gasteiger partial charge in [-0.1, -0.05) is 19.9 Å². The number of nitro groups is 1. The van der Waals surface area contributed by atoms with E-state index in [2.05, 4.69) is 13.8 Å². The molecule has 26 heavy (non-hydrogen) atoms. The number of rotatable bonds is 3. The van der Waals surface area contributed by atoms with Crippen LogP contribution in [0.5, 0.6) is 5.75 Å². The molecule has 0 saturated carbocycles. The average Bonchev–Trinajstić information content (AvgIpc) is 2.65. The highest BCUT2D eigenvalue weighted by Gasteiger charge is 2.35. The highest BCUT2D eigenvalue weighted by molar-refractivity contribution is 5.98. The predicted molar refractivity (Wildman–Crippen MR) is 103 cm³/mol. The van der Waals surface area contributed by atoms with E-state index in [9.17, 15) is 15.2 Å². The Labute approximate surface area is 153 Å². The van der Waals surface area contributed by atoms with Crippen molar-refractivity contribution in [1.82, 2.24) is 0 Å². The normalized spacial score (nSPS) is 21.0. The molecule has 0 aliphatic heterocycles. The summed E-state index contributed by atoms with van der Waals surface area (Å²) in [5.74, 6) is 1.06. The summed E-state index contributed by atoms with van der Waals surface area (Å²) in [6.07, 6.45) is 3.76. The highest BCUT2D eigenvalue weighted by atomic mass is 16.6. The summed E-state index contributed by atoms with van der Waals surface area (Å²) >= 11 is 0. The monoisotopic (exact) mass is 349 g/mol. The van der Waals surface area contributed by atoms with E-state index in [-0.39, 0.29) is 10.6 Å². The van der Waals surface area contributed by atoms with Crippen LogP contribution >= 0.6 is 0 Å². The smallest absolute Gasteiger partial charge is 0.269 e. The predicted octanol–water partition coefficient (Wildman–Crippen LogP) is 5.38. The molecule has 0 amide bonds. The fourth-order valence-corrected chi connectivity index (χ4v) is 4.74. The van der Waals surface area contributed by atoms with Crippen molar-refractivity contribution in [2.24, 2.45) is 11.8 Å². The Hall–Kier alpha value is -2.62. The molecule has 4 nitrogen and oxygen atoms in total. The van der Waals surface area contributed by atoms with E-state index in [4.69, 9.17) is 0 Å². The Balaban J connectivity index is 1.98. The molecule has 134 valence electrons. The highest BCUT2D eigenvalue weighted by Crippen LogP contribution is 2.51. The van der Waals surface area contributed by atoms with E-state index in [0.717, 1.165) is 31.2 Å². The van der Waals surface area contributed by atoms with Crippen molar-refractivity contribution in [1.29, 1.82) is 0 Å². The van der Waals surface area contributed by atoms with Crippen LogP contribution in [0, 0.1) is 22.0 Å². The van der Waals surface area contributed by atoms with Crippen LogP contribution in [0.25, 0.3) is 11.1 Å². The molecule has 2 aromatic rings. The van der Waals surface area contributed by atoms with Gasteiger partial charge in [-0.25, -0.2) is 0 Å². The van der Waals surface area contributed by atoms with Gasteiger partial charge in [0.15, 0.2) is 0 Å². The maximum absolute atomic E-state index is 11.2. The lowest BCUT2D eigenvalue weighted by molar-refractivity contribution is -0.384. The van der Waals surface area contributed by atoms with Gasteiger partial charge in [-0.15, -0.1) is 0 Å². The van der Waals surface area contributed by atoms with Crippen molar-refractivity contribution in [2.45, 2.75) is 39.5 Å². The standard InChI is InChI=1S/C22H23NO3/c1-3-13-9-15-11-17(23(25)26)5-7-19(15)21-14(4-2)10-16-12-18(24)6-8-20(16)22(13)21/h5-8,11-14,24H,3-4,9-10H2,1-2H3. The topological polar surface area (TPSA) is 63.4 Å². The number of nitro benzene ring substituents is 1. The Bertz CT molecular complexity index is 929. The second-order valence-corrected chi connectivity index (χ2v) is 7.39. The minimum atomic E-state index is -0.304. The quantitative estimate of drug-likeness (QED) is 0.598. The van der Waals surface area contributed by atoms with E-state index < -0.39 is 0 Å². The molecule has 2 aliphatic carbocycles. The first-order chi connectivity index (χ1) is 12.5. The van der Waals surface area contributed by atoms with Crippen LogP contribution in [0.4, 0.5) is 5.69 Å². The number of hydrogen-bond acceptors (Lipinski definition) is 3. The lowest BCUT2D eigenvalue weighted by atomic mass is 9.66. The van der Waals surface area contributed by atoms with Gasteiger partial charge in [-0.2, -0.15) is 0 Å². The number of nitrogens with zero attached hydrogens (tertiary/aromatic N) is 1. The average molecular weight is 349 g/mol. The number of benzene rings is 2. The van der Waals surface area contributed by atoms with Crippen molar-refractivity contribution < 1.29 is 10.0 Å². The third-order valence-corrected chi connectivity index (χ3v) is 5.99. The van der Waals surface area contributed by atoms with Crippen molar-refractivity contribution in [3.05, 3.63) is 68.8 Å². The molecule has 0 fully saturated rings. The maximum atomic E-state index is 11.2. The molecule has 0 aromatic heterocycles. The number of phenols is 1. The van der Waals surface area contributed by atoms with Crippen molar-refractivity contribution in [3.63, 3.8) is 0 Å². The minimum Gasteiger partial charge on any atom is -0.508 e. The number of non-ortho nitro benzene ring substituents is 1.